The normalized spacial score (nSPS) is 13.6. The van der Waals surface area contributed by atoms with Gasteiger partial charge in [0.2, 0.25) is 0 Å². The lowest BCUT2D eigenvalue weighted by atomic mass is 9.95. The van der Waals surface area contributed by atoms with Crippen molar-refractivity contribution < 1.29 is 14.6 Å². The molecule has 0 spiro atoms. The molecule has 4 nitrogen and oxygen atoms in total. The molecule has 2 atom stereocenters. The Labute approximate surface area is 127 Å². The van der Waals surface area contributed by atoms with Gasteiger partial charge in [0.05, 0.1) is 26.4 Å². The highest BCUT2D eigenvalue weighted by Gasteiger charge is 2.22. The number of para-hydroxylation sites is 1. The summed E-state index contributed by atoms with van der Waals surface area (Å²) >= 11 is 0. The van der Waals surface area contributed by atoms with Crippen LogP contribution in [0.1, 0.15) is 38.3 Å². The fourth-order valence-corrected chi connectivity index (χ4v) is 2.07. The quantitative estimate of drug-likeness (QED) is 0.813. The van der Waals surface area contributed by atoms with Crippen molar-refractivity contribution in [3.8, 4) is 11.5 Å². The molecule has 0 radical (unpaired) electrons. The van der Waals surface area contributed by atoms with E-state index >= 15 is 0 Å². The predicted molar refractivity (Wildman–Crippen MR) is 83.8 cm³/mol. The van der Waals surface area contributed by atoms with Gasteiger partial charge in [-0.05, 0) is 24.8 Å². The molecule has 0 unspecified atom stereocenters. The third-order valence-corrected chi connectivity index (χ3v) is 3.25. The van der Waals surface area contributed by atoms with Gasteiger partial charge in [-0.2, -0.15) is 0 Å². The third-order valence-electron chi connectivity index (χ3n) is 3.25. The van der Waals surface area contributed by atoms with Crippen LogP contribution in [0, 0.1) is 5.92 Å². The Hall–Kier alpha value is -0.970. The molecule has 20 heavy (non-hydrogen) atoms. The van der Waals surface area contributed by atoms with E-state index in [0.717, 1.165) is 12.0 Å². The van der Waals surface area contributed by atoms with E-state index in [2.05, 4.69) is 13.8 Å². The lowest BCUT2D eigenvalue weighted by Crippen LogP contribution is -2.27. The van der Waals surface area contributed by atoms with Gasteiger partial charge in [-0.15, -0.1) is 12.4 Å². The fourth-order valence-electron chi connectivity index (χ4n) is 2.07. The molecule has 0 aliphatic heterocycles. The van der Waals surface area contributed by atoms with E-state index in [4.69, 9.17) is 15.2 Å². The molecule has 3 N–H and O–H groups in total. The molecule has 5 heteroatoms. The van der Waals surface area contributed by atoms with Crippen LogP contribution >= 0.6 is 12.4 Å². The Morgan fingerprint density at radius 3 is 2.30 bits per heavy atom. The maximum atomic E-state index is 10.2. The van der Waals surface area contributed by atoms with Crippen LogP contribution in [0.2, 0.25) is 0 Å². The minimum absolute atomic E-state index is 0. The Kier molecular flexibility index (Phi) is 8.62. The number of rotatable bonds is 7. The second-order valence-corrected chi connectivity index (χ2v) is 5.15. The fraction of sp³-hybridized carbons (Fsp3) is 0.600. The predicted octanol–water partition coefficient (Wildman–Crippen LogP) is 2.92. The molecule has 116 valence electrons. The average Bonchev–Trinajstić information content (AvgIpc) is 2.42. The molecule has 0 saturated carbocycles. The summed E-state index contributed by atoms with van der Waals surface area (Å²) in [6.07, 6.45) is 1.05. The van der Waals surface area contributed by atoms with Crippen molar-refractivity contribution >= 4 is 12.4 Å². The van der Waals surface area contributed by atoms with Crippen LogP contribution in [-0.4, -0.2) is 25.4 Å². The third kappa shape index (κ3) is 4.85. The van der Waals surface area contributed by atoms with Crippen LogP contribution in [0.15, 0.2) is 18.2 Å². The highest BCUT2D eigenvalue weighted by atomic mass is 35.5. The van der Waals surface area contributed by atoms with E-state index < -0.39 is 12.1 Å². The van der Waals surface area contributed by atoms with Crippen LogP contribution in [0.4, 0.5) is 0 Å². The summed E-state index contributed by atoms with van der Waals surface area (Å²) in [5.74, 6) is 1.78. The Morgan fingerprint density at radius 1 is 1.15 bits per heavy atom. The standard InChI is InChI=1S/C15H25NO3.ClH/c1-10(2)8-9-12(17)14(16)11-6-5-7-13(18-3)15(11)19-4;/h5-7,10,12,14,17H,8-9,16H2,1-4H3;1H/t12-,14+;/m1./s1. The van der Waals surface area contributed by atoms with Crippen LogP contribution in [0.3, 0.4) is 0 Å². The van der Waals surface area contributed by atoms with Crippen molar-refractivity contribution in [2.75, 3.05) is 14.2 Å². The van der Waals surface area contributed by atoms with Crippen molar-refractivity contribution in [3.63, 3.8) is 0 Å². The number of benzene rings is 1. The van der Waals surface area contributed by atoms with Gasteiger partial charge in [0.15, 0.2) is 11.5 Å². The summed E-state index contributed by atoms with van der Waals surface area (Å²) in [7, 11) is 3.16. The van der Waals surface area contributed by atoms with E-state index in [0.29, 0.717) is 23.8 Å². The number of aliphatic hydroxyl groups excluding tert-OH is 1. The Bertz CT molecular complexity index is 399. The summed E-state index contributed by atoms with van der Waals surface area (Å²) in [6, 6.07) is 5.06. The molecule has 1 aromatic carbocycles. The smallest absolute Gasteiger partial charge is 0.165 e. The first-order chi connectivity index (χ1) is 9.01. The van der Waals surface area contributed by atoms with Crippen molar-refractivity contribution in [2.45, 2.75) is 38.8 Å². The lowest BCUT2D eigenvalue weighted by Gasteiger charge is -2.22. The molecule has 1 aromatic rings. The van der Waals surface area contributed by atoms with Gasteiger partial charge in [-0.3, -0.25) is 0 Å². The minimum atomic E-state index is -0.580. The van der Waals surface area contributed by atoms with Crippen molar-refractivity contribution in [3.05, 3.63) is 23.8 Å². The van der Waals surface area contributed by atoms with Gasteiger partial charge in [-0.25, -0.2) is 0 Å². The van der Waals surface area contributed by atoms with Gasteiger partial charge < -0.3 is 20.3 Å². The van der Waals surface area contributed by atoms with Crippen LogP contribution in [-0.2, 0) is 0 Å². The first-order valence-electron chi connectivity index (χ1n) is 6.65. The number of halogens is 1. The van der Waals surface area contributed by atoms with Crippen LogP contribution in [0.25, 0.3) is 0 Å². The molecule has 0 heterocycles. The molecular weight excluding hydrogens is 278 g/mol. The van der Waals surface area contributed by atoms with Gasteiger partial charge in [-0.1, -0.05) is 26.0 Å². The van der Waals surface area contributed by atoms with Crippen LogP contribution < -0.4 is 15.2 Å². The zero-order valence-electron chi connectivity index (χ0n) is 12.6. The molecule has 1 rings (SSSR count). The minimum Gasteiger partial charge on any atom is -0.493 e. The first-order valence-corrected chi connectivity index (χ1v) is 6.65. The van der Waals surface area contributed by atoms with E-state index in [-0.39, 0.29) is 12.4 Å². The highest BCUT2D eigenvalue weighted by Crippen LogP contribution is 2.35. The molecule has 0 fully saturated rings. The summed E-state index contributed by atoms with van der Waals surface area (Å²) < 4.78 is 10.6. The monoisotopic (exact) mass is 303 g/mol. The van der Waals surface area contributed by atoms with Gasteiger partial charge >= 0.3 is 0 Å². The molecule has 0 aliphatic carbocycles. The van der Waals surface area contributed by atoms with Gasteiger partial charge in [0.25, 0.3) is 0 Å². The largest absolute Gasteiger partial charge is 0.493 e. The molecule has 0 aliphatic rings. The number of nitrogens with two attached hydrogens (primary N) is 1. The second kappa shape index (κ2) is 9.06. The number of aliphatic hydroxyl groups is 1. The number of ether oxygens (including phenoxy) is 2. The molecule has 0 amide bonds. The van der Waals surface area contributed by atoms with Gasteiger partial charge in [0.1, 0.15) is 0 Å². The zero-order chi connectivity index (χ0) is 14.4. The Morgan fingerprint density at radius 2 is 1.80 bits per heavy atom. The summed E-state index contributed by atoms with van der Waals surface area (Å²) in [6.45, 7) is 4.26. The van der Waals surface area contributed by atoms with Crippen molar-refractivity contribution in [1.29, 1.82) is 0 Å². The number of hydrogen-bond donors (Lipinski definition) is 2. The Balaban J connectivity index is 0.00000361. The lowest BCUT2D eigenvalue weighted by molar-refractivity contribution is 0.127. The average molecular weight is 304 g/mol. The summed E-state index contributed by atoms with van der Waals surface area (Å²) in [5, 5.41) is 10.2. The number of hydrogen-bond acceptors (Lipinski definition) is 4. The topological polar surface area (TPSA) is 64.7 Å². The summed E-state index contributed by atoms with van der Waals surface area (Å²) in [5.41, 5.74) is 6.92. The van der Waals surface area contributed by atoms with E-state index in [1.54, 1.807) is 14.2 Å². The maximum Gasteiger partial charge on any atom is 0.165 e. The maximum absolute atomic E-state index is 10.2. The SMILES string of the molecule is COc1cccc([C@H](N)[C@H](O)CCC(C)C)c1OC.Cl. The van der Waals surface area contributed by atoms with Gasteiger partial charge in [0, 0.05) is 5.56 Å². The zero-order valence-corrected chi connectivity index (χ0v) is 13.4. The van der Waals surface area contributed by atoms with Crippen molar-refractivity contribution in [1.82, 2.24) is 0 Å². The molecule has 0 bridgehead atoms. The first kappa shape index (κ1) is 19.0. The van der Waals surface area contributed by atoms with E-state index in [9.17, 15) is 5.11 Å². The second-order valence-electron chi connectivity index (χ2n) is 5.15. The van der Waals surface area contributed by atoms with Crippen molar-refractivity contribution in [2.24, 2.45) is 11.7 Å². The van der Waals surface area contributed by atoms with Crippen LogP contribution in [0.5, 0.6) is 11.5 Å². The molecule has 0 saturated heterocycles. The molecular formula is C15H26ClNO3. The van der Waals surface area contributed by atoms with E-state index in [1.807, 2.05) is 18.2 Å². The van der Waals surface area contributed by atoms with E-state index in [1.165, 1.54) is 0 Å². The summed E-state index contributed by atoms with van der Waals surface area (Å²) in [4.78, 5) is 0. The number of methoxy groups -OCH3 is 2. The highest BCUT2D eigenvalue weighted by molar-refractivity contribution is 5.85. The molecule has 0 aromatic heterocycles.